The molecule has 7 nitrogen and oxygen atoms in total. The van der Waals surface area contributed by atoms with Crippen molar-refractivity contribution in [1.82, 2.24) is 5.32 Å². The van der Waals surface area contributed by atoms with Crippen LogP contribution < -0.4 is 9.62 Å². The van der Waals surface area contributed by atoms with Gasteiger partial charge >= 0.3 is 0 Å². The van der Waals surface area contributed by atoms with Gasteiger partial charge in [-0.15, -0.1) is 0 Å². The summed E-state index contributed by atoms with van der Waals surface area (Å²) < 4.78 is 28.7. The minimum Gasteiger partial charge on any atom is -0.392 e. The molecule has 0 aromatic heterocycles. The summed E-state index contributed by atoms with van der Waals surface area (Å²) in [5, 5.41) is 23.5. The first-order valence-corrected chi connectivity index (χ1v) is 13.5. The van der Waals surface area contributed by atoms with E-state index in [2.05, 4.69) is 5.32 Å². The lowest BCUT2D eigenvalue weighted by atomic mass is 10.1. The van der Waals surface area contributed by atoms with Gasteiger partial charge in [0.05, 0.1) is 17.2 Å². The van der Waals surface area contributed by atoms with E-state index in [4.69, 9.17) is 23.2 Å². The Bertz CT molecular complexity index is 1270. The van der Waals surface area contributed by atoms with E-state index in [0.29, 0.717) is 34.0 Å². The minimum atomic E-state index is -4.04. The van der Waals surface area contributed by atoms with Gasteiger partial charge in [0.15, 0.2) is 6.10 Å². The van der Waals surface area contributed by atoms with Crippen molar-refractivity contribution in [3.63, 3.8) is 0 Å². The number of sulfonamides is 1. The fourth-order valence-electron chi connectivity index (χ4n) is 3.81. The first kappa shape index (κ1) is 28.0. The lowest BCUT2D eigenvalue weighted by Crippen LogP contribution is -2.40. The molecule has 3 N–H and O–H groups in total. The Morgan fingerprint density at radius 2 is 1.64 bits per heavy atom. The van der Waals surface area contributed by atoms with E-state index in [1.54, 1.807) is 49.4 Å². The lowest BCUT2D eigenvalue weighted by Gasteiger charge is -2.32. The summed E-state index contributed by atoms with van der Waals surface area (Å²) in [6.07, 6.45) is -0.467. The maximum absolute atomic E-state index is 13.7. The quantitative estimate of drug-likeness (QED) is 0.300. The number of nitrogens with one attached hydrogen (secondary N) is 1. The first-order valence-electron chi connectivity index (χ1n) is 11.3. The van der Waals surface area contributed by atoms with Gasteiger partial charge in [0.25, 0.3) is 15.9 Å². The summed E-state index contributed by atoms with van der Waals surface area (Å²) in [4.78, 5) is 12.4. The normalized spacial score (nSPS) is 13.1. The second kappa shape index (κ2) is 12.6. The standard InChI is InChI=1S/C26H28Cl2N2O5S/c1-18(6-5-15-29-26(33)25(32)19-7-3-2-4-8-19)30(24-16-22(28)10-9-20(24)17-31)36(34,35)23-13-11-21(27)12-14-23/h2-4,7-14,16,18,25,31-32H,5-6,15,17H2,1H3,(H,29,33)/t18-,25-/m1/s1. The molecule has 0 heterocycles. The number of aliphatic hydroxyl groups excluding tert-OH is 2. The van der Waals surface area contributed by atoms with Gasteiger partial charge in [0.2, 0.25) is 0 Å². The summed E-state index contributed by atoms with van der Waals surface area (Å²) in [5.41, 5.74) is 1.17. The van der Waals surface area contributed by atoms with Crippen LogP contribution in [0.3, 0.4) is 0 Å². The highest BCUT2D eigenvalue weighted by atomic mass is 35.5. The van der Waals surface area contributed by atoms with Crippen molar-refractivity contribution in [3.8, 4) is 0 Å². The number of amides is 1. The van der Waals surface area contributed by atoms with Crippen molar-refractivity contribution < 1.29 is 23.4 Å². The molecule has 0 bridgehead atoms. The van der Waals surface area contributed by atoms with Crippen LogP contribution in [-0.4, -0.2) is 37.1 Å². The molecule has 0 aliphatic rings. The number of carbonyl (C=O) groups is 1. The van der Waals surface area contributed by atoms with E-state index >= 15 is 0 Å². The monoisotopic (exact) mass is 550 g/mol. The Hall–Kier alpha value is -2.62. The molecule has 0 aliphatic carbocycles. The van der Waals surface area contributed by atoms with Gasteiger partial charge in [-0.1, -0.05) is 59.6 Å². The molecule has 1 amide bonds. The number of halogens is 2. The molecule has 0 saturated carbocycles. The molecule has 0 unspecified atom stereocenters. The lowest BCUT2D eigenvalue weighted by molar-refractivity contribution is -0.129. The predicted octanol–water partition coefficient (Wildman–Crippen LogP) is 4.70. The number of aliphatic hydroxyl groups is 2. The topological polar surface area (TPSA) is 107 Å². The fourth-order valence-corrected chi connectivity index (χ4v) is 5.82. The average Bonchev–Trinajstić information content (AvgIpc) is 2.87. The number of benzene rings is 3. The first-order chi connectivity index (χ1) is 17.1. The van der Waals surface area contributed by atoms with Crippen LogP contribution in [0.25, 0.3) is 0 Å². The van der Waals surface area contributed by atoms with Crippen LogP contribution in [0.1, 0.15) is 37.0 Å². The summed E-state index contributed by atoms with van der Waals surface area (Å²) in [7, 11) is -4.04. The Kier molecular flexibility index (Phi) is 9.76. The molecule has 0 saturated heterocycles. The molecule has 0 fully saturated rings. The summed E-state index contributed by atoms with van der Waals surface area (Å²) in [6, 6.07) is 18.6. The van der Waals surface area contributed by atoms with Gasteiger partial charge in [-0.05, 0) is 61.7 Å². The summed E-state index contributed by atoms with van der Waals surface area (Å²) in [5.74, 6) is -0.531. The van der Waals surface area contributed by atoms with Gasteiger partial charge in [0, 0.05) is 28.2 Å². The van der Waals surface area contributed by atoms with Crippen molar-refractivity contribution in [2.45, 2.75) is 43.4 Å². The highest BCUT2D eigenvalue weighted by molar-refractivity contribution is 7.92. The molecule has 0 aliphatic heterocycles. The molecule has 192 valence electrons. The largest absolute Gasteiger partial charge is 0.392 e. The van der Waals surface area contributed by atoms with Crippen LogP contribution in [-0.2, 0) is 21.4 Å². The molecule has 3 rings (SSSR count). The van der Waals surface area contributed by atoms with Crippen LogP contribution >= 0.6 is 23.2 Å². The second-order valence-electron chi connectivity index (χ2n) is 8.28. The molecule has 2 atom stereocenters. The molecule has 0 spiro atoms. The van der Waals surface area contributed by atoms with Crippen LogP contribution in [0.2, 0.25) is 10.0 Å². The molecule has 0 radical (unpaired) electrons. The number of hydrogen-bond donors (Lipinski definition) is 3. The summed E-state index contributed by atoms with van der Waals surface area (Å²) >= 11 is 12.1. The van der Waals surface area contributed by atoms with Crippen LogP contribution in [0.5, 0.6) is 0 Å². The fraction of sp³-hybridized carbons (Fsp3) is 0.269. The highest BCUT2D eigenvalue weighted by Crippen LogP contribution is 2.33. The molecular formula is C26H28Cl2N2O5S. The Labute approximate surface area is 221 Å². The third kappa shape index (κ3) is 6.78. The third-order valence-electron chi connectivity index (χ3n) is 5.69. The SMILES string of the molecule is C[C@H](CCCNC(=O)[C@H](O)c1ccccc1)N(c1cc(Cl)ccc1CO)S(=O)(=O)c1ccc(Cl)cc1. The van der Waals surface area contributed by atoms with E-state index in [1.165, 1.54) is 34.6 Å². The van der Waals surface area contributed by atoms with Gasteiger partial charge in [-0.2, -0.15) is 0 Å². The Morgan fingerprint density at radius 3 is 2.28 bits per heavy atom. The smallest absolute Gasteiger partial charge is 0.264 e. The van der Waals surface area contributed by atoms with Gasteiger partial charge in [0.1, 0.15) is 0 Å². The van der Waals surface area contributed by atoms with Gasteiger partial charge in [-0.25, -0.2) is 8.42 Å². The second-order valence-corrected chi connectivity index (χ2v) is 11.0. The van der Waals surface area contributed by atoms with E-state index in [1.807, 2.05) is 0 Å². The van der Waals surface area contributed by atoms with E-state index < -0.39 is 28.1 Å². The van der Waals surface area contributed by atoms with Crippen molar-refractivity contribution in [3.05, 3.63) is 94.0 Å². The van der Waals surface area contributed by atoms with Crippen LogP contribution in [0, 0.1) is 0 Å². The maximum Gasteiger partial charge on any atom is 0.264 e. The predicted molar refractivity (Wildman–Crippen MR) is 142 cm³/mol. The molecule has 3 aromatic carbocycles. The van der Waals surface area contributed by atoms with E-state index in [0.717, 1.165) is 0 Å². The van der Waals surface area contributed by atoms with Crippen molar-refractivity contribution in [2.75, 3.05) is 10.8 Å². The minimum absolute atomic E-state index is 0.0434. The maximum atomic E-state index is 13.7. The molecular weight excluding hydrogens is 523 g/mol. The number of nitrogens with zero attached hydrogens (tertiary/aromatic N) is 1. The Balaban J connectivity index is 1.78. The number of rotatable bonds is 11. The van der Waals surface area contributed by atoms with Crippen LogP contribution in [0.4, 0.5) is 5.69 Å². The third-order valence-corrected chi connectivity index (χ3v) is 8.12. The zero-order chi connectivity index (χ0) is 26.3. The van der Waals surface area contributed by atoms with Crippen molar-refractivity contribution in [2.24, 2.45) is 0 Å². The number of hydrogen-bond acceptors (Lipinski definition) is 5. The number of anilines is 1. The molecule has 10 heteroatoms. The number of carbonyl (C=O) groups excluding carboxylic acids is 1. The van der Waals surface area contributed by atoms with Gasteiger partial charge in [-0.3, -0.25) is 9.10 Å². The van der Waals surface area contributed by atoms with Gasteiger partial charge < -0.3 is 15.5 Å². The van der Waals surface area contributed by atoms with E-state index in [-0.39, 0.29) is 23.7 Å². The summed E-state index contributed by atoms with van der Waals surface area (Å²) in [6.45, 7) is 1.61. The molecule has 3 aromatic rings. The zero-order valence-electron chi connectivity index (χ0n) is 19.6. The van der Waals surface area contributed by atoms with E-state index in [9.17, 15) is 23.4 Å². The Morgan fingerprint density at radius 1 is 1.00 bits per heavy atom. The zero-order valence-corrected chi connectivity index (χ0v) is 22.0. The average molecular weight is 551 g/mol. The van der Waals surface area contributed by atoms with Crippen molar-refractivity contribution >= 4 is 44.8 Å². The molecule has 36 heavy (non-hydrogen) atoms. The highest BCUT2D eigenvalue weighted by Gasteiger charge is 2.31. The van der Waals surface area contributed by atoms with Crippen molar-refractivity contribution in [1.29, 1.82) is 0 Å². The van der Waals surface area contributed by atoms with Crippen LogP contribution in [0.15, 0.2) is 77.7 Å².